The predicted octanol–water partition coefficient (Wildman–Crippen LogP) is 1.04. The van der Waals surface area contributed by atoms with E-state index in [-0.39, 0.29) is 11.8 Å². The molecule has 0 aliphatic rings. The Bertz CT molecular complexity index is 289. The second kappa shape index (κ2) is 4.02. The highest BCUT2D eigenvalue weighted by Crippen LogP contribution is 2.14. The number of anilines is 2. The number of hydrogen-bond donors (Lipinski definition) is 1. The van der Waals surface area contributed by atoms with Crippen LogP contribution in [0.2, 0.25) is 0 Å². The van der Waals surface area contributed by atoms with Crippen molar-refractivity contribution in [3.05, 3.63) is 12.0 Å². The Labute approximate surface area is 76.6 Å². The van der Waals surface area contributed by atoms with Crippen molar-refractivity contribution in [2.24, 2.45) is 0 Å². The third kappa shape index (κ3) is 2.27. The van der Waals surface area contributed by atoms with Crippen LogP contribution in [0, 0.1) is 5.82 Å². The van der Waals surface area contributed by atoms with Crippen LogP contribution in [0.5, 0.6) is 0 Å². The van der Waals surface area contributed by atoms with Gasteiger partial charge in [-0.25, -0.2) is 9.37 Å². The lowest BCUT2D eigenvalue weighted by atomic mass is 10.4. The van der Waals surface area contributed by atoms with Gasteiger partial charge in [0.15, 0.2) is 11.6 Å². The van der Waals surface area contributed by atoms with Crippen molar-refractivity contribution in [2.75, 3.05) is 24.2 Å². The highest BCUT2D eigenvalue weighted by Gasteiger charge is 2.09. The lowest BCUT2D eigenvalue weighted by molar-refractivity contribution is 0.607. The standard InChI is InChI=1S/C8H13FN4/c1-3-4-13(2)7-6(9)5-11-8(10)12-7/h5H,3-4H2,1-2H3,(H2,10,11,12). The van der Waals surface area contributed by atoms with E-state index in [1.165, 1.54) is 0 Å². The minimum Gasteiger partial charge on any atom is -0.368 e. The highest BCUT2D eigenvalue weighted by atomic mass is 19.1. The molecule has 13 heavy (non-hydrogen) atoms. The van der Waals surface area contributed by atoms with E-state index in [4.69, 9.17) is 5.73 Å². The van der Waals surface area contributed by atoms with Crippen LogP contribution < -0.4 is 10.6 Å². The van der Waals surface area contributed by atoms with Crippen LogP contribution in [0.4, 0.5) is 16.2 Å². The largest absolute Gasteiger partial charge is 0.368 e. The molecule has 72 valence electrons. The van der Waals surface area contributed by atoms with E-state index in [9.17, 15) is 4.39 Å². The molecular formula is C8H13FN4. The molecule has 0 fully saturated rings. The Kier molecular flexibility index (Phi) is 3.00. The molecule has 0 saturated heterocycles. The zero-order valence-corrected chi connectivity index (χ0v) is 7.79. The fraction of sp³-hybridized carbons (Fsp3) is 0.500. The fourth-order valence-corrected chi connectivity index (χ4v) is 1.08. The van der Waals surface area contributed by atoms with Crippen LogP contribution in [-0.4, -0.2) is 23.6 Å². The minimum absolute atomic E-state index is 0.0966. The number of hydrogen-bond acceptors (Lipinski definition) is 4. The summed E-state index contributed by atoms with van der Waals surface area (Å²) in [6.07, 6.45) is 2.02. The predicted molar refractivity (Wildman–Crippen MR) is 50.0 cm³/mol. The van der Waals surface area contributed by atoms with Crippen LogP contribution in [-0.2, 0) is 0 Å². The molecule has 0 amide bonds. The zero-order valence-electron chi connectivity index (χ0n) is 7.79. The van der Waals surface area contributed by atoms with Gasteiger partial charge in [0.1, 0.15) is 0 Å². The van der Waals surface area contributed by atoms with Gasteiger partial charge in [-0.15, -0.1) is 0 Å². The molecule has 2 N–H and O–H groups in total. The van der Waals surface area contributed by atoms with Gasteiger partial charge in [0.25, 0.3) is 0 Å². The molecule has 0 unspecified atom stereocenters. The second-order valence-corrected chi connectivity index (χ2v) is 2.82. The Morgan fingerprint density at radius 3 is 2.92 bits per heavy atom. The molecule has 0 bridgehead atoms. The molecule has 0 atom stereocenters. The molecule has 1 aromatic heterocycles. The third-order valence-corrected chi connectivity index (χ3v) is 1.66. The van der Waals surface area contributed by atoms with Gasteiger partial charge in [-0.1, -0.05) is 6.92 Å². The van der Waals surface area contributed by atoms with Gasteiger partial charge in [0.05, 0.1) is 6.20 Å². The van der Waals surface area contributed by atoms with E-state index in [0.29, 0.717) is 0 Å². The monoisotopic (exact) mass is 184 g/mol. The summed E-state index contributed by atoms with van der Waals surface area (Å²) in [7, 11) is 1.77. The van der Waals surface area contributed by atoms with Gasteiger partial charge in [-0.2, -0.15) is 4.98 Å². The number of nitrogen functional groups attached to an aromatic ring is 1. The van der Waals surface area contributed by atoms with Gasteiger partial charge in [0, 0.05) is 13.6 Å². The number of nitrogens with zero attached hydrogens (tertiary/aromatic N) is 3. The maximum absolute atomic E-state index is 13.1. The van der Waals surface area contributed by atoms with Gasteiger partial charge < -0.3 is 10.6 Å². The van der Waals surface area contributed by atoms with Gasteiger partial charge in [0.2, 0.25) is 5.95 Å². The molecule has 0 aromatic carbocycles. The number of rotatable bonds is 3. The molecule has 1 aromatic rings. The molecule has 1 heterocycles. The number of halogens is 1. The van der Waals surface area contributed by atoms with Gasteiger partial charge in [-0.05, 0) is 6.42 Å². The summed E-state index contributed by atoms with van der Waals surface area (Å²) in [5.74, 6) is -0.0844. The quantitative estimate of drug-likeness (QED) is 0.762. The average molecular weight is 184 g/mol. The smallest absolute Gasteiger partial charge is 0.222 e. The molecule has 5 heteroatoms. The van der Waals surface area contributed by atoms with Crippen molar-refractivity contribution in [1.29, 1.82) is 0 Å². The van der Waals surface area contributed by atoms with Crippen LogP contribution in [0.25, 0.3) is 0 Å². The molecule has 0 aliphatic carbocycles. The first-order chi connectivity index (χ1) is 6.15. The Balaban J connectivity index is 2.91. The van der Waals surface area contributed by atoms with E-state index in [0.717, 1.165) is 19.2 Å². The summed E-state index contributed by atoms with van der Waals surface area (Å²) in [6, 6.07) is 0. The van der Waals surface area contributed by atoms with E-state index in [1.807, 2.05) is 6.92 Å². The third-order valence-electron chi connectivity index (χ3n) is 1.66. The van der Waals surface area contributed by atoms with E-state index in [2.05, 4.69) is 9.97 Å². The SMILES string of the molecule is CCCN(C)c1nc(N)ncc1F. The van der Waals surface area contributed by atoms with Crippen LogP contribution in [0.1, 0.15) is 13.3 Å². The summed E-state index contributed by atoms with van der Waals surface area (Å²) >= 11 is 0. The van der Waals surface area contributed by atoms with Crippen molar-refractivity contribution < 1.29 is 4.39 Å². The lowest BCUT2D eigenvalue weighted by Gasteiger charge is -2.17. The summed E-state index contributed by atoms with van der Waals surface area (Å²) in [5, 5.41) is 0. The molecule has 0 spiro atoms. The van der Waals surface area contributed by atoms with Crippen molar-refractivity contribution in [3.8, 4) is 0 Å². The lowest BCUT2D eigenvalue weighted by Crippen LogP contribution is -2.21. The van der Waals surface area contributed by atoms with E-state index in [1.54, 1.807) is 11.9 Å². The zero-order chi connectivity index (χ0) is 9.84. The maximum atomic E-state index is 13.1. The van der Waals surface area contributed by atoms with Crippen molar-refractivity contribution >= 4 is 11.8 Å². The Hall–Kier alpha value is -1.39. The van der Waals surface area contributed by atoms with Crippen molar-refractivity contribution in [2.45, 2.75) is 13.3 Å². The highest BCUT2D eigenvalue weighted by molar-refractivity contribution is 5.41. The second-order valence-electron chi connectivity index (χ2n) is 2.82. The topological polar surface area (TPSA) is 55.0 Å². The normalized spacial score (nSPS) is 10.1. The molecule has 1 rings (SSSR count). The summed E-state index contributed by atoms with van der Waals surface area (Å²) in [5.41, 5.74) is 5.35. The summed E-state index contributed by atoms with van der Waals surface area (Å²) in [6.45, 7) is 2.76. The van der Waals surface area contributed by atoms with E-state index >= 15 is 0 Å². The molecule has 4 nitrogen and oxygen atoms in total. The first-order valence-electron chi connectivity index (χ1n) is 4.14. The number of nitrogens with two attached hydrogens (primary N) is 1. The van der Waals surface area contributed by atoms with Crippen molar-refractivity contribution in [1.82, 2.24) is 9.97 Å². The van der Waals surface area contributed by atoms with Crippen LogP contribution in [0.15, 0.2) is 6.20 Å². The first kappa shape index (κ1) is 9.70. The average Bonchev–Trinajstić information content (AvgIpc) is 2.09. The molecule has 0 radical (unpaired) electrons. The van der Waals surface area contributed by atoms with Gasteiger partial charge >= 0.3 is 0 Å². The minimum atomic E-state index is -0.440. The molecule has 0 aliphatic heterocycles. The Morgan fingerprint density at radius 2 is 2.31 bits per heavy atom. The Morgan fingerprint density at radius 1 is 1.62 bits per heavy atom. The summed E-state index contributed by atoms with van der Waals surface area (Å²) in [4.78, 5) is 9.07. The first-order valence-corrected chi connectivity index (χ1v) is 4.14. The van der Waals surface area contributed by atoms with Gasteiger partial charge in [-0.3, -0.25) is 0 Å². The van der Waals surface area contributed by atoms with E-state index < -0.39 is 5.82 Å². The van der Waals surface area contributed by atoms with Crippen LogP contribution in [0.3, 0.4) is 0 Å². The fourth-order valence-electron chi connectivity index (χ4n) is 1.08. The maximum Gasteiger partial charge on any atom is 0.222 e. The van der Waals surface area contributed by atoms with Crippen molar-refractivity contribution in [3.63, 3.8) is 0 Å². The summed E-state index contributed by atoms with van der Waals surface area (Å²) < 4.78 is 13.1. The molecule has 0 saturated carbocycles. The number of aromatic nitrogens is 2. The van der Waals surface area contributed by atoms with Crippen LogP contribution >= 0.6 is 0 Å². The molecular weight excluding hydrogens is 171 g/mol.